The van der Waals surface area contributed by atoms with E-state index in [4.69, 9.17) is 5.73 Å². The molecular weight excluding hydrogens is 271 g/mol. The van der Waals surface area contributed by atoms with Gasteiger partial charge in [-0.2, -0.15) is 5.10 Å². The number of carbonyl (C=O) groups is 1. The molecule has 0 aliphatic carbocycles. The molecule has 0 unspecified atom stereocenters. The molecule has 0 bridgehead atoms. The van der Waals surface area contributed by atoms with Crippen molar-refractivity contribution in [1.29, 1.82) is 0 Å². The molecule has 1 amide bonds. The van der Waals surface area contributed by atoms with Crippen LogP contribution < -0.4 is 11.1 Å². The van der Waals surface area contributed by atoms with Crippen LogP contribution in [0.25, 0.3) is 0 Å². The van der Waals surface area contributed by atoms with Crippen molar-refractivity contribution in [3.8, 4) is 11.8 Å². The van der Waals surface area contributed by atoms with Crippen LogP contribution in [0.1, 0.15) is 27.2 Å². The Morgan fingerprint density at radius 2 is 2.33 bits per heavy atom. The van der Waals surface area contributed by atoms with Gasteiger partial charge in [-0.25, -0.2) is 4.39 Å². The Kier molecular flexibility index (Phi) is 4.69. The van der Waals surface area contributed by atoms with E-state index < -0.39 is 11.7 Å². The number of aromatic amines is 1. The van der Waals surface area contributed by atoms with Gasteiger partial charge in [-0.05, 0) is 25.1 Å². The standard InChI is InChI=1S/C15H15FN4O/c1-10-12(9-19-20-10)8-18-15(21)14-7-13(16)5-4-11(14)3-2-6-17/h4-5,7,9H,6,8,17H2,1H3,(H,18,21)(H,19,20). The highest BCUT2D eigenvalue weighted by atomic mass is 19.1. The normalized spacial score (nSPS) is 9.86. The minimum absolute atomic E-state index is 0.173. The molecule has 108 valence electrons. The van der Waals surface area contributed by atoms with E-state index in [9.17, 15) is 9.18 Å². The third-order valence-electron chi connectivity index (χ3n) is 2.93. The summed E-state index contributed by atoms with van der Waals surface area (Å²) < 4.78 is 13.3. The molecule has 2 aromatic rings. The van der Waals surface area contributed by atoms with Crippen LogP contribution in [0, 0.1) is 24.6 Å². The van der Waals surface area contributed by atoms with E-state index >= 15 is 0 Å². The van der Waals surface area contributed by atoms with Crippen molar-refractivity contribution in [1.82, 2.24) is 15.5 Å². The van der Waals surface area contributed by atoms with Gasteiger partial charge in [0.2, 0.25) is 0 Å². The van der Waals surface area contributed by atoms with Crippen molar-refractivity contribution < 1.29 is 9.18 Å². The number of hydrogen-bond donors (Lipinski definition) is 3. The Labute approximate surface area is 121 Å². The van der Waals surface area contributed by atoms with Crippen molar-refractivity contribution >= 4 is 5.91 Å². The number of nitrogens with zero attached hydrogens (tertiary/aromatic N) is 1. The Balaban J connectivity index is 2.18. The highest BCUT2D eigenvalue weighted by Crippen LogP contribution is 2.11. The van der Waals surface area contributed by atoms with Crippen LogP contribution in [0.5, 0.6) is 0 Å². The zero-order chi connectivity index (χ0) is 15.2. The summed E-state index contributed by atoms with van der Waals surface area (Å²) in [6, 6.07) is 3.89. The second-order valence-corrected chi connectivity index (χ2v) is 4.40. The molecule has 1 aromatic carbocycles. The molecule has 0 fully saturated rings. The summed E-state index contributed by atoms with van der Waals surface area (Å²) in [5.74, 6) is 4.54. The smallest absolute Gasteiger partial charge is 0.252 e. The number of H-pyrrole nitrogens is 1. The van der Waals surface area contributed by atoms with Gasteiger partial charge >= 0.3 is 0 Å². The highest BCUT2D eigenvalue weighted by Gasteiger charge is 2.12. The lowest BCUT2D eigenvalue weighted by atomic mass is 10.1. The molecule has 21 heavy (non-hydrogen) atoms. The number of rotatable bonds is 3. The first-order valence-electron chi connectivity index (χ1n) is 6.37. The zero-order valence-corrected chi connectivity index (χ0v) is 11.5. The maximum Gasteiger partial charge on any atom is 0.252 e. The summed E-state index contributed by atoms with van der Waals surface area (Å²) in [6.45, 7) is 2.34. The number of hydrogen-bond acceptors (Lipinski definition) is 3. The van der Waals surface area contributed by atoms with Gasteiger partial charge < -0.3 is 11.1 Å². The first-order chi connectivity index (χ1) is 10.1. The highest BCUT2D eigenvalue weighted by molar-refractivity contribution is 5.96. The second-order valence-electron chi connectivity index (χ2n) is 4.40. The molecule has 0 spiro atoms. The van der Waals surface area contributed by atoms with Gasteiger partial charge in [0.05, 0.1) is 18.3 Å². The van der Waals surface area contributed by atoms with Crippen LogP contribution in [0.15, 0.2) is 24.4 Å². The van der Waals surface area contributed by atoms with Gasteiger partial charge in [0, 0.05) is 23.4 Å². The van der Waals surface area contributed by atoms with E-state index in [1.165, 1.54) is 12.1 Å². The number of aryl methyl sites for hydroxylation is 1. The SMILES string of the molecule is Cc1[nH]ncc1CNC(=O)c1cc(F)ccc1C#CCN. The van der Waals surface area contributed by atoms with Crippen molar-refractivity contribution in [2.24, 2.45) is 5.73 Å². The van der Waals surface area contributed by atoms with Crippen LogP contribution in [-0.2, 0) is 6.54 Å². The predicted molar refractivity (Wildman–Crippen MR) is 76.8 cm³/mol. The Morgan fingerprint density at radius 1 is 1.52 bits per heavy atom. The van der Waals surface area contributed by atoms with E-state index in [1.54, 1.807) is 6.20 Å². The van der Waals surface area contributed by atoms with Gasteiger partial charge in [0.1, 0.15) is 5.82 Å². The Morgan fingerprint density at radius 3 is 3.00 bits per heavy atom. The lowest BCUT2D eigenvalue weighted by molar-refractivity contribution is 0.0950. The fraction of sp³-hybridized carbons (Fsp3) is 0.200. The van der Waals surface area contributed by atoms with E-state index in [0.29, 0.717) is 12.1 Å². The van der Waals surface area contributed by atoms with E-state index in [2.05, 4.69) is 27.4 Å². The molecule has 1 aromatic heterocycles. The third-order valence-corrected chi connectivity index (χ3v) is 2.93. The number of benzene rings is 1. The number of carbonyl (C=O) groups excluding carboxylic acids is 1. The van der Waals surface area contributed by atoms with Gasteiger partial charge in [0.25, 0.3) is 5.91 Å². The van der Waals surface area contributed by atoms with Crippen LogP contribution >= 0.6 is 0 Å². The molecule has 0 saturated heterocycles. The number of halogens is 1. The quantitative estimate of drug-likeness (QED) is 0.739. The largest absolute Gasteiger partial charge is 0.348 e. The summed E-state index contributed by atoms with van der Waals surface area (Å²) >= 11 is 0. The summed E-state index contributed by atoms with van der Waals surface area (Å²) in [4.78, 5) is 12.2. The first kappa shape index (κ1) is 14.8. The monoisotopic (exact) mass is 286 g/mol. The Hall–Kier alpha value is -2.65. The number of amides is 1. The fourth-order valence-electron chi connectivity index (χ4n) is 1.78. The van der Waals surface area contributed by atoms with Crippen LogP contribution in [-0.4, -0.2) is 22.6 Å². The van der Waals surface area contributed by atoms with E-state index in [-0.39, 0.29) is 12.1 Å². The maximum atomic E-state index is 13.3. The predicted octanol–water partition coefficient (Wildman–Crippen LogP) is 1.10. The van der Waals surface area contributed by atoms with Crippen molar-refractivity contribution in [2.45, 2.75) is 13.5 Å². The molecule has 0 saturated carbocycles. The number of nitrogens with two attached hydrogens (primary N) is 1. The van der Waals surface area contributed by atoms with Crippen molar-refractivity contribution in [3.05, 3.63) is 52.6 Å². The zero-order valence-electron chi connectivity index (χ0n) is 11.5. The van der Waals surface area contributed by atoms with E-state index in [0.717, 1.165) is 17.3 Å². The van der Waals surface area contributed by atoms with Crippen LogP contribution in [0.3, 0.4) is 0 Å². The lowest BCUT2D eigenvalue weighted by Gasteiger charge is -2.07. The number of nitrogens with one attached hydrogen (secondary N) is 2. The fourth-order valence-corrected chi connectivity index (χ4v) is 1.78. The summed E-state index contributed by atoms with van der Waals surface area (Å²) in [5.41, 5.74) is 7.70. The van der Waals surface area contributed by atoms with Gasteiger partial charge in [-0.15, -0.1) is 0 Å². The topological polar surface area (TPSA) is 83.8 Å². The molecule has 4 N–H and O–H groups in total. The molecule has 0 aliphatic heterocycles. The minimum atomic E-state index is -0.488. The van der Waals surface area contributed by atoms with Gasteiger partial charge in [0.15, 0.2) is 0 Å². The molecule has 1 heterocycles. The average Bonchev–Trinajstić information content (AvgIpc) is 2.88. The molecular formula is C15H15FN4O. The summed E-state index contributed by atoms with van der Waals surface area (Å²) in [5, 5.41) is 9.38. The summed E-state index contributed by atoms with van der Waals surface area (Å²) in [6.07, 6.45) is 1.64. The minimum Gasteiger partial charge on any atom is -0.348 e. The molecule has 5 nitrogen and oxygen atoms in total. The van der Waals surface area contributed by atoms with Gasteiger partial charge in [-0.3, -0.25) is 9.89 Å². The third kappa shape index (κ3) is 3.68. The molecule has 0 aliphatic rings. The van der Waals surface area contributed by atoms with Crippen molar-refractivity contribution in [2.75, 3.05) is 6.54 Å². The number of aromatic nitrogens is 2. The molecule has 6 heteroatoms. The van der Waals surface area contributed by atoms with Crippen molar-refractivity contribution in [3.63, 3.8) is 0 Å². The maximum absolute atomic E-state index is 13.3. The molecule has 0 atom stereocenters. The van der Waals surface area contributed by atoms with E-state index in [1.807, 2.05) is 6.92 Å². The molecule has 0 radical (unpaired) electrons. The Bertz CT molecular complexity index is 712. The average molecular weight is 286 g/mol. The first-order valence-corrected chi connectivity index (χ1v) is 6.37. The molecule has 2 rings (SSSR count). The van der Waals surface area contributed by atoms with Crippen LogP contribution in [0.4, 0.5) is 4.39 Å². The lowest BCUT2D eigenvalue weighted by Crippen LogP contribution is -2.24. The van der Waals surface area contributed by atoms with Crippen LogP contribution in [0.2, 0.25) is 0 Å². The summed E-state index contributed by atoms with van der Waals surface area (Å²) in [7, 11) is 0. The second kappa shape index (κ2) is 6.68. The van der Waals surface area contributed by atoms with Gasteiger partial charge in [-0.1, -0.05) is 11.8 Å².